The first-order valence-corrected chi connectivity index (χ1v) is 16.3. The van der Waals surface area contributed by atoms with Gasteiger partial charge in [0.25, 0.3) is 0 Å². The normalized spacial score (nSPS) is 12.9. The van der Waals surface area contributed by atoms with Crippen LogP contribution >= 0.6 is 0 Å². The van der Waals surface area contributed by atoms with E-state index in [-0.39, 0.29) is 52.8 Å². The molecule has 0 aliphatic carbocycles. The Morgan fingerprint density at radius 3 is 1.58 bits per heavy atom. The van der Waals surface area contributed by atoms with E-state index >= 15 is 0 Å². The van der Waals surface area contributed by atoms with Crippen molar-refractivity contribution in [1.29, 1.82) is 0 Å². The minimum Gasteiger partial charge on any atom is -0.493 e. The molecule has 1 unspecified atom stereocenters. The molecule has 2 aromatic carbocycles. The van der Waals surface area contributed by atoms with Crippen LogP contribution in [0.2, 0.25) is 0 Å². The van der Waals surface area contributed by atoms with Crippen molar-refractivity contribution < 1.29 is 46.1 Å². The Bertz CT molecular complexity index is 1390. The van der Waals surface area contributed by atoms with E-state index in [9.17, 15) is 18.0 Å². The van der Waals surface area contributed by atoms with Crippen molar-refractivity contribution in [2.75, 3.05) is 35.0 Å². The number of ether oxygens (including phenoxy) is 5. The van der Waals surface area contributed by atoms with Gasteiger partial charge in [0, 0.05) is 24.0 Å². The first-order chi connectivity index (χ1) is 20.0. The summed E-state index contributed by atoms with van der Waals surface area (Å²) in [7, 11) is 1.93. The van der Waals surface area contributed by atoms with E-state index in [1.165, 1.54) is 52.7 Å². The van der Waals surface area contributed by atoms with Crippen molar-refractivity contribution >= 4 is 31.9 Å². The molecule has 0 N–H and O–H groups in total. The number of carbonyl (C=O) groups is 2. The van der Waals surface area contributed by atoms with Gasteiger partial charge in [-0.25, -0.2) is 8.42 Å². The highest BCUT2D eigenvalue weighted by molar-refractivity contribution is 7.93. The molecule has 0 aromatic heterocycles. The predicted molar refractivity (Wildman–Crippen MR) is 168 cm³/mol. The molecule has 0 amide bonds. The minimum absolute atomic E-state index is 0.0449. The lowest BCUT2D eigenvalue weighted by Gasteiger charge is -2.41. The van der Waals surface area contributed by atoms with Gasteiger partial charge in [0.2, 0.25) is 5.75 Å². The number of benzene rings is 2. The van der Waals surface area contributed by atoms with Crippen molar-refractivity contribution in [3.05, 3.63) is 35.4 Å². The lowest BCUT2D eigenvalue weighted by atomic mass is 9.82. The summed E-state index contributed by atoms with van der Waals surface area (Å²) < 4.78 is 60.6. The Morgan fingerprint density at radius 2 is 1.21 bits per heavy atom. The molecule has 0 fully saturated rings. The van der Waals surface area contributed by atoms with E-state index in [0.29, 0.717) is 34.2 Å². The van der Waals surface area contributed by atoms with Gasteiger partial charge < -0.3 is 28.1 Å². The van der Waals surface area contributed by atoms with Crippen LogP contribution in [0.4, 0.5) is 0 Å². The zero-order valence-electron chi connectivity index (χ0n) is 27.2. The smallest absolute Gasteiger partial charge is 0.203 e. The second-order valence-electron chi connectivity index (χ2n) is 11.7. The summed E-state index contributed by atoms with van der Waals surface area (Å²) >= 11 is 0. The molecule has 0 saturated carbocycles. The Balaban J connectivity index is 2.56. The average molecular weight is 639 g/mol. The van der Waals surface area contributed by atoms with Crippen molar-refractivity contribution in [3.8, 4) is 28.7 Å². The molecule has 0 saturated heterocycles. The summed E-state index contributed by atoms with van der Waals surface area (Å²) in [6.45, 7) is 11.2. The predicted octanol–water partition coefficient (Wildman–Crippen LogP) is 4.62. The third kappa shape index (κ3) is 7.71. The largest absolute Gasteiger partial charge is 0.493 e. The van der Waals surface area contributed by atoms with Crippen LogP contribution in [0.5, 0.6) is 28.7 Å². The number of ketones is 2. The lowest BCUT2D eigenvalue weighted by Crippen LogP contribution is -2.51. The maximum Gasteiger partial charge on any atom is 0.203 e. The molecule has 0 spiro atoms. The molecule has 0 aliphatic heterocycles. The van der Waals surface area contributed by atoms with Crippen LogP contribution in [0, 0.1) is 5.41 Å². The monoisotopic (exact) mass is 638 g/mol. The SMILES string of the molecule is CCCOc1c(OC)cc(C(=O)CCC(=O)c2cc(OC)c(OC)c(OC)c2)cc1S(=O)(=O)C(C)(C)C(O[SiH3])C(C)(C)C. The maximum absolute atomic E-state index is 14.4. The quantitative estimate of drug-likeness (QED) is 0.190. The second-order valence-corrected chi connectivity index (χ2v) is 14.7. The van der Waals surface area contributed by atoms with Crippen molar-refractivity contribution in [1.82, 2.24) is 0 Å². The second kappa shape index (κ2) is 14.6. The minimum atomic E-state index is -4.15. The molecule has 43 heavy (non-hydrogen) atoms. The fourth-order valence-electron chi connectivity index (χ4n) is 5.30. The van der Waals surface area contributed by atoms with Crippen LogP contribution in [0.25, 0.3) is 0 Å². The van der Waals surface area contributed by atoms with Crippen LogP contribution in [-0.4, -0.2) is 76.4 Å². The summed E-state index contributed by atoms with van der Waals surface area (Å²) in [5.41, 5.74) is -0.121. The number of hydrogen-bond donors (Lipinski definition) is 0. The highest BCUT2D eigenvalue weighted by Gasteiger charge is 2.49. The molecule has 0 heterocycles. The molecule has 2 rings (SSSR count). The molecular weight excluding hydrogens is 592 g/mol. The summed E-state index contributed by atoms with van der Waals surface area (Å²) in [5.74, 6) is 0.376. The van der Waals surface area contributed by atoms with E-state index in [4.69, 9.17) is 28.1 Å². The Labute approximate surface area is 258 Å². The number of rotatable bonds is 16. The topological polar surface area (TPSA) is 124 Å². The van der Waals surface area contributed by atoms with Crippen molar-refractivity contribution in [3.63, 3.8) is 0 Å². The number of hydrogen-bond acceptors (Lipinski definition) is 10. The third-order valence-electron chi connectivity index (χ3n) is 7.21. The van der Waals surface area contributed by atoms with Crippen LogP contribution in [0.1, 0.15) is 81.5 Å². The third-order valence-corrected chi connectivity index (χ3v) is 10.2. The highest BCUT2D eigenvalue weighted by Crippen LogP contribution is 2.45. The van der Waals surface area contributed by atoms with E-state index in [1.54, 1.807) is 13.8 Å². The maximum atomic E-state index is 14.4. The number of Topliss-reactive ketones (excluding diaryl/α,β-unsaturated/α-hetero) is 2. The number of sulfone groups is 1. The fourth-order valence-corrected chi connectivity index (χ4v) is 8.75. The molecule has 2 aromatic rings. The van der Waals surface area contributed by atoms with Gasteiger partial charge in [-0.15, -0.1) is 0 Å². The molecule has 0 aliphatic rings. The van der Waals surface area contributed by atoms with E-state index in [1.807, 2.05) is 27.7 Å². The molecular formula is C31H46O10SSi. The van der Waals surface area contributed by atoms with E-state index < -0.39 is 31.9 Å². The van der Waals surface area contributed by atoms with Gasteiger partial charge in [0.05, 0.1) is 45.9 Å². The van der Waals surface area contributed by atoms with Crippen LogP contribution in [0.15, 0.2) is 29.2 Å². The van der Waals surface area contributed by atoms with E-state index in [2.05, 4.69) is 0 Å². The van der Waals surface area contributed by atoms with Gasteiger partial charge >= 0.3 is 0 Å². The molecule has 0 radical (unpaired) electrons. The van der Waals surface area contributed by atoms with Crippen molar-refractivity contribution in [2.24, 2.45) is 5.41 Å². The fraction of sp³-hybridized carbons (Fsp3) is 0.548. The van der Waals surface area contributed by atoms with Gasteiger partial charge in [0.1, 0.15) is 15.4 Å². The first-order valence-electron chi connectivity index (χ1n) is 14.0. The zero-order chi connectivity index (χ0) is 32.8. The molecule has 10 nitrogen and oxygen atoms in total. The standard InChI is InChI=1S/C31H46O10SSi/c1-11-14-40-28-25(38-9)17-20(18-26(28)42(34,35)31(5,6)29(41-43)30(2,3)4)22(33)13-12-21(32)19-15-23(36-7)27(39-10)24(16-19)37-8/h15-18,29H,11-14H2,1-10,43H3. The van der Waals surface area contributed by atoms with Crippen LogP contribution < -0.4 is 23.7 Å². The summed E-state index contributed by atoms with van der Waals surface area (Å²) in [5, 5.41) is 0. The molecule has 240 valence electrons. The van der Waals surface area contributed by atoms with Crippen LogP contribution in [-0.2, 0) is 14.3 Å². The summed E-state index contributed by atoms with van der Waals surface area (Å²) in [4.78, 5) is 26.4. The average Bonchev–Trinajstić information content (AvgIpc) is 2.96. The van der Waals surface area contributed by atoms with Crippen LogP contribution in [0.3, 0.4) is 0 Å². The van der Waals surface area contributed by atoms with Crippen molar-refractivity contribution in [2.45, 2.75) is 76.6 Å². The zero-order valence-corrected chi connectivity index (χ0v) is 30.0. The van der Waals surface area contributed by atoms with Gasteiger partial charge in [-0.05, 0) is 49.9 Å². The van der Waals surface area contributed by atoms with Gasteiger partial charge in [0.15, 0.2) is 44.4 Å². The Kier molecular flexibility index (Phi) is 12.2. The van der Waals surface area contributed by atoms with Gasteiger partial charge in [-0.2, -0.15) is 0 Å². The summed E-state index contributed by atoms with van der Waals surface area (Å²) in [6.07, 6.45) is -0.325. The number of carbonyl (C=O) groups excluding carboxylic acids is 2. The van der Waals surface area contributed by atoms with Gasteiger partial charge in [-0.1, -0.05) is 27.7 Å². The first kappa shape index (κ1) is 36.1. The number of methoxy groups -OCH3 is 4. The Hall–Kier alpha value is -3.09. The highest BCUT2D eigenvalue weighted by atomic mass is 32.2. The lowest BCUT2D eigenvalue weighted by molar-refractivity contribution is 0.0661. The van der Waals surface area contributed by atoms with E-state index in [0.717, 1.165) is 0 Å². The molecule has 1 atom stereocenters. The Morgan fingerprint density at radius 1 is 0.767 bits per heavy atom. The van der Waals surface area contributed by atoms with Gasteiger partial charge in [-0.3, -0.25) is 9.59 Å². The summed E-state index contributed by atoms with van der Waals surface area (Å²) in [6, 6.07) is 5.82. The molecule has 12 heteroatoms. The molecule has 0 bridgehead atoms.